The van der Waals surface area contributed by atoms with E-state index in [0.717, 1.165) is 22.4 Å². The second-order valence-corrected chi connectivity index (χ2v) is 4.75. The van der Waals surface area contributed by atoms with Gasteiger partial charge in [-0.3, -0.25) is 0 Å². The van der Waals surface area contributed by atoms with Gasteiger partial charge >= 0.3 is 0 Å². The Morgan fingerprint density at radius 1 is 1.11 bits per heavy atom. The van der Waals surface area contributed by atoms with Crippen LogP contribution < -0.4 is 0 Å². The third-order valence-electron chi connectivity index (χ3n) is 3.25. The zero-order valence-electron chi connectivity index (χ0n) is 10.9. The van der Waals surface area contributed by atoms with Crippen molar-refractivity contribution in [1.29, 1.82) is 5.26 Å². The molecule has 0 aliphatic carbocycles. The quantitative estimate of drug-likeness (QED) is 0.712. The number of H-pyrrole nitrogens is 1. The molecule has 0 amide bonds. The molecule has 0 bridgehead atoms. The fourth-order valence-electron chi connectivity index (χ4n) is 2.29. The number of hydrogen-bond donors (Lipinski definition) is 1. The predicted molar refractivity (Wildman–Crippen MR) is 75.7 cm³/mol. The largest absolute Gasteiger partial charge is 0.338 e. The van der Waals surface area contributed by atoms with E-state index in [0.29, 0.717) is 5.56 Å². The number of aromatic nitrogens is 2. The number of imidazole rings is 1. The van der Waals surface area contributed by atoms with Gasteiger partial charge in [0.25, 0.3) is 0 Å². The summed E-state index contributed by atoms with van der Waals surface area (Å²) in [6.45, 7) is 4.16. The number of hydrogen-bond acceptors (Lipinski definition) is 2. The van der Waals surface area contributed by atoms with Crippen LogP contribution in [0.25, 0.3) is 22.4 Å². The Kier molecular flexibility index (Phi) is 2.57. The van der Waals surface area contributed by atoms with E-state index >= 15 is 0 Å². The first-order valence-corrected chi connectivity index (χ1v) is 6.15. The van der Waals surface area contributed by atoms with Crippen LogP contribution in [0.4, 0.5) is 0 Å². The summed E-state index contributed by atoms with van der Waals surface area (Å²) in [6.07, 6.45) is 0. The minimum Gasteiger partial charge on any atom is -0.338 e. The summed E-state index contributed by atoms with van der Waals surface area (Å²) in [6, 6.07) is 13.9. The van der Waals surface area contributed by atoms with Crippen LogP contribution in [0.5, 0.6) is 0 Å². The molecule has 0 unspecified atom stereocenters. The Hall–Kier alpha value is -2.60. The Bertz CT molecular complexity index is 806. The summed E-state index contributed by atoms with van der Waals surface area (Å²) in [5.41, 5.74) is 5.95. The van der Waals surface area contributed by atoms with Crippen molar-refractivity contribution in [3.63, 3.8) is 0 Å². The first-order chi connectivity index (χ1) is 9.17. The lowest BCUT2D eigenvalue weighted by atomic mass is 10.1. The van der Waals surface area contributed by atoms with Gasteiger partial charge < -0.3 is 4.98 Å². The zero-order valence-corrected chi connectivity index (χ0v) is 10.9. The van der Waals surface area contributed by atoms with Crippen molar-refractivity contribution in [3.05, 3.63) is 53.1 Å². The highest BCUT2D eigenvalue weighted by Gasteiger charge is 2.08. The molecule has 0 aliphatic rings. The van der Waals surface area contributed by atoms with E-state index in [9.17, 15) is 0 Å². The molecule has 19 heavy (non-hydrogen) atoms. The van der Waals surface area contributed by atoms with Gasteiger partial charge in [0.05, 0.1) is 22.7 Å². The lowest BCUT2D eigenvalue weighted by Gasteiger charge is -2.03. The van der Waals surface area contributed by atoms with Crippen molar-refractivity contribution in [2.75, 3.05) is 0 Å². The summed E-state index contributed by atoms with van der Waals surface area (Å²) in [7, 11) is 0. The third-order valence-corrected chi connectivity index (χ3v) is 3.25. The van der Waals surface area contributed by atoms with Crippen LogP contribution in [0.2, 0.25) is 0 Å². The molecule has 0 aliphatic heterocycles. The highest BCUT2D eigenvalue weighted by Crippen LogP contribution is 2.24. The Morgan fingerprint density at radius 3 is 2.68 bits per heavy atom. The molecule has 0 saturated heterocycles. The normalized spacial score (nSPS) is 10.6. The maximum absolute atomic E-state index is 8.91. The predicted octanol–water partition coefficient (Wildman–Crippen LogP) is 3.72. The van der Waals surface area contributed by atoms with Crippen molar-refractivity contribution < 1.29 is 0 Å². The second kappa shape index (κ2) is 4.25. The molecule has 2 aromatic carbocycles. The van der Waals surface area contributed by atoms with E-state index in [1.165, 1.54) is 11.1 Å². The zero-order chi connectivity index (χ0) is 13.4. The van der Waals surface area contributed by atoms with E-state index in [4.69, 9.17) is 5.26 Å². The minimum atomic E-state index is 0.642. The number of fused-ring (bicyclic) bond motifs is 1. The van der Waals surface area contributed by atoms with Crippen LogP contribution >= 0.6 is 0 Å². The standard InChI is InChI=1S/C16H13N3/c1-10-3-5-13(11(2)7-10)16-18-14-6-4-12(9-17)8-15(14)19-16/h3-8H,1-2H3,(H,18,19). The molecule has 1 aromatic heterocycles. The molecule has 3 nitrogen and oxygen atoms in total. The van der Waals surface area contributed by atoms with Crippen molar-refractivity contribution >= 4 is 11.0 Å². The van der Waals surface area contributed by atoms with E-state index in [1.807, 2.05) is 12.1 Å². The summed E-state index contributed by atoms with van der Waals surface area (Å²) in [4.78, 5) is 7.87. The monoisotopic (exact) mass is 247 g/mol. The van der Waals surface area contributed by atoms with Crippen LogP contribution in [0, 0.1) is 25.2 Å². The van der Waals surface area contributed by atoms with Gasteiger partial charge in [0, 0.05) is 5.56 Å². The first kappa shape index (κ1) is 11.5. The average Bonchev–Trinajstić information content (AvgIpc) is 2.80. The molecular weight excluding hydrogens is 234 g/mol. The number of nitriles is 1. The van der Waals surface area contributed by atoms with Crippen LogP contribution in [0.15, 0.2) is 36.4 Å². The van der Waals surface area contributed by atoms with E-state index in [2.05, 4.69) is 48.1 Å². The molecule has 3 rings (SSSR count). The average molecular weight is 247 g/mol. The van der Waals surface area contributed by atoms with Gasteiger partial charge in [-0.05, 0) is 37.6 Å². The molecule has 1 heterocycles. The highest BCUT2D eigenvalue weighted by atomic mass is 14.9. The SMILES string of the molecule is Cc1ccc(-c2nc3ccc(C#N)cc3[nH]2)c(C)c1. The molecule has 0 fully saturated rings. The molecule has 0 spiro atoms. The van der Waals surface area contributed by atoms with Crippen molar-refractivity contribution in [2.24, 2.45) is 0 Å². The topological polar surface area (TPSA) is 52.5 Å². The first-order valence-electron chi connectivity index (χ1n) is 6.15. The molecular formula is C16H13N3. The maximum Gasteiger partial charge on any atom is 0.138 e. The van der Waals surface area contributed by atoms with Gasteiger partial charge in [0.2, 0.25) is 0 Å². The molecule has 0 saturated carbocycles. The van der Waals surface area contributed by atoms with Crippen LogP contribution in [0.3, 0.4) is 0 Å². The number of nitrogens with one attached hydrogen (secondary N) is 1. The van der Waals surface area contributed by atoms with Crippen molar-refractivity contribution in [1.82, 2.24) is 9.97 Å². The molecule has 3 aromatic rings. The van der Waals surface area contributed by atoms with E-state index in [1.54, 1.807) is 6.07 Å². The Morgan fingerprint density at radius 2 is 1.95 bits per heavy atom. The summed E-state index contributed by atoms with van der Waals surface area (Å²) in [5.74, 6) is 0.850. The molecule has 0 radical (unpaired) electrons. The molecule has 3 heteroatoms. The Balaban J connectivity index is 2.18. The van der Waals surface area contributed by atoms with Gasteiger partial charge in [-0.2, -0.15) is 5.26 Å². The fraction of sp³-hybridized carbons (Fsp3) is 0.125. The summed E-state index contributed by atoms with van der Waals surface area (Å²) < 4.78 is 0. The number of aromatic amines is 1. The number of rotatable bonds is 1. The van der Waals surface area contributed by atoms with Gasteiger partial charge in [-0.25, -0.2) is 4.98 Å². The lowest BCUT2D eigenvalue weighted by Crippen LogP contribution is -1.86. The van der Waals surface area contributed by atoms with Gasteiger partial charge in [-0.15, -0.1) is 0 Å². The van der Waals surface area contributed by atoms with Gasteiger partial charge in [-0.1, -0.05) is 23.8 Å². The van der Waals surface area contributed by atoms with Crippen molar-refractivity contribution in [3.8, 4) is 17.5 Å². The lowest BCUT2D eigenvalue weighted by molar-refractivity contribution is 1.29. The molecule has 0 atom stereocenters. The number of benzene rings is 2. The van der Waals surface area contributed by atoms with E-state index in [-0.39, 0.29) is 0 Å². The number of aryl methyl sites for hydroxylation is 2. The maximum atomic E-state index is 8.91. The van der Waals surface area contributed by atoms with E-state index < -0.39 is 0 Å². The third kappa shape index (κ3) is 1.98. The van der Waals surface area contributed by atoms with Gasteiger partial charge in [0.15, 0.2) is 0 Å². The summed E-state index contributed by atoms with van der Waals surface area (Å²) >= 11 is 0. The summed E-state index contributed by atoms with van der Waals surface area (Å²) in [5, 5.41) is 8.91. The molecule has 92 valence electrons. The van der Waals surface area contributed by atoms with Crippen LogP contribution in [0.1, 0.15) is 16.7 Å². The minimum absolute atomic E-state index is 0.642. The van der Waals surface area contributed by atoms with Crippen LogP contribution in [-0.4, -0.2) is 9.97 Å². The number of nitrogens with zero attached hydrogens (tertiary/aromatic N) is 2. The van der Waals surface area contributed by atoms with Crippen molar-refractivity contribution in [2.45, 2.75) is 13.8 Å². The Labute approximate surface area is 111 Å². The van der Waals surface area contributed by atoms with Gasteiger partial charge in [0.1, 0.15) is 5.82 Å². The smallest absolute Gasteiger partial charge is 0.138 e. The second-order valence-electron chi connectivity index (χ2n) is 4.75. The highest BCUT2D eigenvalue weighted by molar-refractivity contribution is 5.81. The fourth-order valence-corrected chi connectivity index (χ4v) is 2.29. The van der Waals surface area contributed by atoms with Crippen LogP contribution in [-0.2, 0) is 0 Å². The molecule has 1 N–H and O–H groups in total.